The van der Waals surface area contributed by atoms with Crippen LogP contribution in [-0.2, 0) is 11.4 Å². The van der Waals surface area contributed by atoms with E-state index in [0.717, 1.165) is 13.0 Å². The molecule has 0 spiro atoms. The zero-order valence-electron chi connectivity index (χ0n) is 7.92. The maximum Gasteiger partial charge on any atom is 0.245 e. The van der Waals surface area contributed by atoms with E-state index in [1.807, 2.05) is 0 Å². The van der Waals surface area contributed by atoms with Gasteiger partial charge in [-0.15, -0.1) is 10.2 Å². The third-order valence-corrected chi connectivity index (χ3v) is 2.52. The molecule has 0 bridgehead atoms. The van der Waals surface area contributed by atoms with Crippen LogP contribution < -0.4 is 0 Å². The second kappa shape index (κ2) is 3.38. The van der Waals surface area contributed by atoms with Gasteiger partial charge in [-0.25, -0.2) is 0 Å². The monoisotopic (exact) mass is 196 g/mol. The third-order valence-electron chi connectivity index (χ3n) is 2.52. The summed E-state index contributed by atoms with van der Waals surface area (Å²) in [6, 6.07) is -0.239. The Bertz CT molecular complexity index is 349. The molecule has 6 heteroatoms. The van der Waals surface area contributed by atoms with Gasteiger partial charge in [-0.1, -0.05) is 0 Å². The van der Waals surface area contributed by atoms with Gasteiger partial charge < -0.3 is 14.6 Å². The molecule has 1 aliphatic heterocycles. The molecule has 0 saturated carbocycles. The smallest absolute Gasteiger partial charge is 0.245 e. The van der Waals surface area contributed by atoms with Crippen molar-refractivity contribution in [2.45, 2.75) is 19.1 Å². The van der Waals surface area contributed by atoms with Gasteiger partial charge in [-0.3, -0.25) is 4.79 Å². The zero-order chi connectivity index (χ0) is 10.1. The normalized spacial score (nSPS) is 22.0. The SMILES string of the molecule is CN1CCC(n2cnnc2CO)C1=O. The van der Waals surface area contributed by atoms with Crippen molar-refractivity contribution in [1.29, 1.82) is 0 Å². The zero-order valence-corrected chi connectivity index (χ0v) is 7.92. The van der Waals surface area contributed by atoms with Crippen molar-refractivity contribution in [1.82, 2.24) is 19.7 Å². The van der Waals surface area contributed by atoms with Gasteiger partial charge >= 0.3 is 0 Å². The number of hydrogen-bond acceptors (Lipinski definition) is 4. The van der Waals surface area contributed by atoms with E-state index < -0.39 is 0 Å². The quantitative estimate of drug-likeness (QED) is 0.670. The van der Waals surface area contributed by atoms with Crippen molar-refractivity contribution in [3.05, 3.63) is 12.2 Å². The minimum absolute atomic E-state index is 0.0551. The van der Waals surface area contributed by atoms with Crippen molar-refractivity contribution >= 4 is 5.91 Å². The molecule has 1 aromatic heterocycles. The summed E-state index contributed by atoms with van der Waals surface area (Å²) in [4.78, 5) is 13.3. The van der Waals surface area contributed by atoms with Gasteiger partial charge in [0.25, 0.3) is 0 Å². The standard InChI is InChI=1S/C8H12N4O2/c1-11-3-2-6(8(11)14)12-5-9-10-7(12)4-13/h5-6,13H,2-4H2,1H3. The number of carbonyl (C=O) groups is 1. The minimum Gasteiger partial charge on any atom is -0.388 e. The Hall–Kier alpha value is -1.43. The van der Waals surface area contributed by atoms with Crippen molar-refractivity contribution in [2.75, 3.05) is 13.6 Å². The van der Waals surface area contributed by atoms with Crippen LogP contribution in [0.3, 0.4) is 0 Å². The van der Waals surface area contributed by atoms with Crippen LogP contribution in [-0.4, -0.2) is 44.3 Å². The van der Waals surface area contributed by atoms with Gasteiger partial charge in [-0.05, 0) is 6.42 Å². The third kappa shape index (κ3) is 1.27. The highest BCUT2D eigenvalue weighted by Gasteiger charge is 2.31. The van der Waals surface area contributed by atoms with Crippen molar-refractivity contribution < 1.29 is 9.90 Å². The molecule has 0 radical (unpaired) electrons. The maximum absolute atomic E-state index is 11.6. The molecule has 1 saturated heterocycles. The van der Waals surface area contributed by atoms with Crippen LogP contribution in [0, 0.1) is 0 Å². The Kier molecular flexibility index (Phi) is 2.20. The first-order valence-electron chi connectivity index (χ1n) is 4.48. The van der Waals surface area contributed by atoms with Crippen molar-refractivity contribution in [2.24, 2.45) is 0 Å². The Morgan fingerprint density at radius 1 is 1.71 bits per heavy atom. The number of amides is 1. The minimum atomic E-state index is -0.239. The summed E-state index contributed by atoms with van der Waals surface area (Å²) in [5.41, 5.74) is 0. The Morgan fingerprint density at radius 2 is 2.50 bits per heavy atom. The predicted octanol–water partition coefficient (Wildman–Crippen LogP) is -0.826. The van der Waals surface area contributed by atoms with Gasteiger partial charge in [-0.2, -0.15) is 0 Å². The molecule has 2 rings (SSSR count). The number of hydrogen-bond donors (Lipinski definition) is 1. The summed E-state index contributed by atoms with van der Waals surface area (Å²) in [7, 11) is 1.77. The molecule has 14 heavy (non-hydrogen) atoms. The maximum atomic E-state index is 11.6. The fourth-order valence-corrected chi connectivity index (χ4v) is 1.70. The predicted molar refractivity (Wildman–Crippen MR) is 47.2 cm³/mol. The second-order valence-corrected chi connectivity index (χ2v) is 3.38. The van der Waals surface area contributed by atoms with Gasteiger partial charge in [0.05, 0.1) is 0 Å². The summed E-state index contributed by atoms with van der Waals surface area (Å²) in [5.74, 6) is 0.498. The summed E-state index contributed by atoms with van der Waals surface area (Å²) in [5, 5.41) is 16.4. The van der Waals surface area contributed by atoms with Crippen molar-refractivity contribution in [3.8, 4) is 0 Å². The summed E-state index contributed by atoms with van der Waals surface area (Å²) in [6.07, 6.45) is 2.24. The Labute approximate surface area is 81.2 Å². The topological polar surface area (TPSA) is 71.2 Å². The number of rotatable bonds is 2. The Balaban J connectivity index is 2.27. The highest BCUT2D eigenvalue weighted by molar-refractivity contribution is 5.82. The lowest BCUT2D eigenvalue weighted by atomic mass is 10.2. The highest BCUT2D eigenvalue weighted by atomic mass is 16.3. The molecule has 0 aromatic carbocycles. The number of aromatic nitrogens is 3. The van der Waals surface area contributed by atoms with Crippen LogP contribution in [0.5, 0.6) is 0 Å². The number of likely N-dealkylation sites (tertiary alicyclic amines) is 1. The molecule has 1 unspecified atom stereocenters. The molecule has 1 amide bonds. The van der Waals surface area contributed by atoms with Crippen molar-refractivity contribution in [3.63, 3.8) is 0 Å². The molecule has 0 aliphatic carbocycles. The van der Waals surface area contributed by atoms with Gasteiger partial charge in [0.1, 0.15) is 19.0 Å². The van der Waals surface area contributed by atoms with Crippen LogP contribution in [0.25, 0.3) is 0 Å². The fourth-order valence-electron chi connectivity index (χ4n) is 1.70. The Morgan fingerprint density at radius 3 is 3.07 bits per heavy atom. The number of carbonyl (C=O) groups excluding carboxylic acids is 1. The van der Waals surface area contributed by atoms with E-state index in [0.29, 0.717) is 5.82 Å². The molecule has 2 heterocycles. The van der Waals surface area contributed by atoms with E-state index in [2.05, 4.69) is 10.2 Å². The molecule has 76 valence electrons. The molecule has 1 N–H and O–H groups in total. The fraction of sp³-hybridized carbons (Fsp3) is 0.625. The van der Waals surface area contributed by atoms with Crippen LogP contribution in [0.1, 0.15) is 18.3 Å². The average Bonchev–Trinajstić information content (AvgIpc) is 2.75. The lowest BCUT2D eigenvalue weighted by Gasteiger charge is -2.12. The summed E-state index contributed by atoms with van der Waals surface area (Å²) in [6.45, 7) is 0.556. The first-order valence-corrected chi connectivity index (χ1v) is 4.48. The van der Waals surface area contributed by atoms with Gasteiger partial charge in [0, 0.05) is 13.6 Å². The molecular formula is C8H12N4O2. The van der Waals surface area contributed by atoms with Crippen LogP contribution in [0.15, 0.2) is 6.33 Å². The molecule has 1 fully saturated rings. The number of nitrogens with zero attached hydrogens (tertiary/aromatic N) is 4. The van der Waals surface area contributed by atoms with E-state index in [1.54, 1.807) is 16.5 Å². The number of aliphatic hydroxyl groups excluding tert-OH is 1. The average molecular weight is 196 g/mol. The lowest BCUT2D eigenvalue weighted by molar-refractivity contribution is -0.129. The molecule has 6 nitrogen and oxygen atoms in total. The van der Waals surface area contributed by atoms with E-state index in [1.165, 1.54) is 6.33 Å². The summed E-state index contributed by atoms with van der Waals surface area (Å²) >= 11 is 0. The molecule has 1 atom stereocenters. The number of aliphatic hydroxyl groups is 1. The van der Waals surface area contributed by atoms with E-state index in [4.69, 9.17) is 5.11 Å². The van der Waals surface area contributed by atoms with E-state index in [9.17, 15) is 4.79 Å². The lowest BCUT2D eigenvalue weighted by Crippen LogP contribution is -2.25. The van der Waals surface area contributed by atoms with Gasteiger partial charge in [0.15, 0.2) is 5.82 Å². The highest BCUT2D eigenvalue weighted by Crippen LogP contribution is 2.22. The van der Waals surface area contributed by atoms with E-state index in [-0.39, 0.29) is 18.6 Å². The first kappa shape index (κ1) is 9.14. The van der Waals surface area contributed by atoms with Crippen LogP contribution >= 0.6 is 0 Å². The van der Waals surface area contributed by atoms with E-state index >= 15 is 0 Å². The first-order chi connectivity index (χ1) is 6.74. The summed E-state index contributed by atoms with van der Waals surface area (Å²) < 4.78 is 1.64. The molecule has 1 aliphatic rings. The molecular weight excluding hydrogens is 184 g/mol. The van der Waals surface area contributed by atoms with Crippen LogP contribution in [0.4, 0.5) is 0 Å². The second-order valence-electron chi connectivity index (χ2n) is 3.38. The van der Waals surface area contributed by atoms with Crippen LogP contribution in [0.2, 0.25) is 0 Å². The van der Waals surface area contributed by atoms with Gasteiger partial charge in [0.2, 0.25) is 5.91 Å². The number of likely N-dealkylation sites (N-methyl/N-ethyl adjacent to an activating group) is 1. The molecule has 1 aromatic rings. The largest absolute Gasteiger partial charge is 0.388 e.